The first-order chi connectivity index (χ1) is 9.38. The second-order valence-corrected chi connectivity index (χ2v) is 4.63. The van der Waals surface area contributed by atoms with E-state index in [0.29, 0.717) is 0 Å². The van der Waals surface area contributed by atoms with Crippen molar-refractivity contribution < 1.29 is 19.5 Å². The van der Waals surface area contributed by atoms with Gasteiger partial charge in [-0.15, -0.1) is 0 Å². The minimum absolute atomic E-state index is 0.00962. The summed E-state index contributed by atoms with van der Waals surface area (Å²) in [6.45, 7) is 1.94. The fourth-order valence-corrected chi connectivity index (χ4v) is 1.68. The van der Waals surface area contributed by atoms with E-state index in [1.54, 1.807) is 0 Å². The predicted molar refractivity (Wildman–Crippen MR) is 72.9 cm³/mol. The Bertz CT molecular complexity index is 496. The summed E-state index contributed by atoms with van der Waals surface area (Å²) in [6, 6.07) is 6.29. The van der Waals surface area contributed by atoms with Crippen LogP contribution in [0.1, 0.15) is 24.0 Å². The van der Waals surface area contributed by atoms with Gasteiger partial charge >= 0.3 is 5.97 Å². The number of hydrogen-bond donors (Lipinski definition) is 3. The van der Waals surface area contributed by atoms with Gasteiger partial charge in [-0.2, -0.15) is 0 Å². The van der Waals surface area contributed by atoms with E-state index in [2.05, 4.69) is 5.32 Å². The third-order valence-electron chi connectivity index (χ3n) is 2.80. The number of hydrogen-bond acceptors (Lipinski definition) is 3. The molecule has 0 heterocycles. The lowest BCUT2D eigenvalue weighted by molar-refractivity contribution is -0.142. The van der Waals surface area contributed by atoms with Crippen LogP contribution in [-0.4, -0.2) is 28.9 Å². The molecule has 0 aliphatic heterocycles. The second kappa shape index (κ2) is 7.28. The Morgan fingerprint density at radius 3 is 2.35 bits per heavy atom. The van der Waals surface area contributed by atoms with Crippen LogP contribution in [-0.2, 0) is 20.8 Å². The number of carbonyl (C=O) groups excluding carboxylic acids is 2. The molecule has 1 rings (SSSR count). The average molecular weight is 278 g/mol. The number of carboxylic acid groups (broad SMARTS) is 1. The lowest BCUT2D eigenvalue weighted by Crippen LogP contribution is -2.42. The highest BCUT2D eigenvalue weighted by Crippen LogP contribution is 2.05. The van der Waals surface area contributed by atoms with Crippen molar-refractivity contribution in [3.05, 3.63) is 35.4 Å². The number of nitrogens with two attached hydrogens (primary N) is 1. The number of rotatable bonds is 7. The standard InChI is InChI=1S/C14H18N2O4/c1-9-2-4-10(5-3-9)8-13(18)16-11(14(19)20)6-7-12(15)17/h2-5,11H,6-8H2,1H3,(H2,15,17)(H,16,18)(H,19,20). The molecule has 20 heavy (non-hydrogen) atoms. The monoisotopic (exact) mass is 278 g/mol. The number of primary amides is 1. The zero-order valence-electron chi connectivity index (χ0n) is 11.3. The number of carbonyl (C=O) groups is 3. The van der Waals surface area contributed by atoms with E-state index in [1.807, 2.05) is 31.2 Å². The maximum Gasteiger partial charge on any atom is 0.326 e. The summed E-state index contributed by atoms with van der Waals surface area (Å²) in [5.74, 6) is -2.17. The van der Waals surface area contributed by atoms with E-state index in [1.165, 1.54) is 0 Å². The molecule has 1 atom stereocenters. The molecular formula is C14H18N2O4. The summed E-state index contributed by atoms with van der Waals surface area (Å²) >= 11 is 0. The summed E-state index contributed by atoms with van der Waals surface area (Å²) in [4.78, 5) is 33.4. The van der Waals surface area contributed by atoms with Crippen LogP contribution in [0.5, 0.6) is 0 Å². The molecule has 108 valence electrons. The van der Waals surface area contributed by atoms with E-state index in [0.717, 1.165) is 11.1 Å². The Kier molecular flexibility index (Phi) is 5.71. The third kappa shape index (κ3) is 5.51. The van der Waals surface area contributed by atoms with Crippen LogP contribution in [0.4, 0.5) is 0 Å². The smallest absolute Gasteiger partial charge is 0.326 e. The van der Waals surface area contributed by atoms with E-state index < -0.39 is 23.8 Å². The molecule has 2 amide bonds. The highest BCUT2D eigenvalue weighted by Gasteiger charge is 2.20. The zero-order valence-corrected chi connectivity index (χ0v) is 11.3. The van der Waals surface area contributed by atoms with Crippen LogP contribution in [0, 0.1) is 6.92 Å². The molecule has 1 aromatic rings. The Morgan fingerprint density at radius 1 is 1.25 bits per heavy atom. The molecule has 0 aliphatic carbocycles. The van der Waals surface area contributed by atoms with Crippen LogP contribution in [0.25, 0.3) is 0 Å². The van der Waals surface area contributed by atoms with Gasteiger partial charge in [-0.05, 0) is 18.9 Å². The van der Waals surface area contributed by atoms with Gasteiger partial charge in [-0.25, -0.2) is 4.79 Å². The molecule has 6 nitrogen and oxygen atoms in total. The van der Waals surface area contributed by atoms with Gasteiger partial charge in [0.2, 0.25) is 11.8 Å². The molecule has 0 aromatic heterocycles. The molecule has 0 spiro atoms. The van der Waals surface area contributed by atoms with Crippen molar-refractivity contribution in [1.29, 1.82) is 0 Å². The maximum atomic E-state index is 11.8. The lowest BCUT2D eigenvalue weighted by Gasteiger charge is -2.13. The second-order valence-electron chi connectivity index (χ2n) is 4.63. The van der Waals surface area contributed by atoms with Crippen LogP contribution in [0.2, 0.25) is 0 Å². The molecule has 0 radical (unpaired) electrons. The van der Waals surface area contributed by atoms with Gasteiger partial charge in [0, 0.05) is 6.42 Å². The first-order valence-electron chi connectivity index (χ1n) is 6.24. The maximum absolute atomic E-state index is 11.8. The summed E-state index contributed by atoms with van der Waals surface area (Å²) in [5.41, 5.74) is 6.85. The van der Waals surface area contributed by atoms with Gasteiger partial charge in [0.1, 0.15) is 6.04 Å². The van der Waals surface area contributed by atoms with Crippen molar-refractivity contribution in [2.45, 2.75) is 32.2 Å². The number of nitrogens with one attached hydrogen (secondary N) is 1. The van der Waals surface area contributed by atoms with Crippen molar-refractivity contribution in [3.8, 4) is 0 Å². The first-order valence-corrected chi connectivity index (χ1v) is 6.24. The summed E-state index contributed by atoms with van der Waals surface area (Å²) in [7, 11) is 0. The normalized spacial score (nSPS) is 11.7. The summed E-state index contributed by atoms with van der Waals surface area (Å²) in [6.07, 6.45) is 0.00666. The third-order valence-corrected chi connectivity index (χ3v) is 2.80. The van der Waals surface area contributed by atoms with Crippen LogP contribution in [0.15, 0.2) is 24.3 Å². The summed E-state index contributed by atoms with van der Waals surface area (Å²) < 4.78 is 0. The van der Waals surface area contributed by atoms with Crippen LogP contribution >= 0.6 is 0 Å². The van der Waals surface area contributed by atoms with Gasteiger partial charge in [0.15, 0.2) is 0 Å². The molecule has 0 fully saturated rings. The van der Waals surface area contributed by atoms with E-state index in [4.69, 9.17) is 10.8 Å². The number of aryl methyl sites for hydroxylation is 1. The molecule has 4 N–H and O–H groups in total. The Balaban J connectivity index is 2.55. The highest BCUT2D eigenvalue weighted by molar-refractivity contribution is 5.85. The molecule has 0 saturated carbocycles. The molecule has 1 unspecified atom stereocenters. The van der Waals surface area contributed by atoms with Crippen LogP contribution < -0.4 is 11.1 Å². The highest BCUT2D eigenvalue weighted by atomic mass is 16.4. The molecule has 1 aromatic carbocycles. The van der Waals surface area contributed by atoms with E-state index in [-0.39, 0.29) is 19.3 Å². The minimum atomic E-state index is -1.18. The fourth-order valence-electron chi connectivity index (χ4n) is 1.68. The first kappa shape index (κ1) is 15.7. The zero-order chi connectivity index (χ0) is 15.1. The van der Waals surface area contributed by atoms with E-state index in [9.17, 15) is 14.4 Å². The number of benzene rings is 1. The number of amides is 2. The quantitative estimate of drug-likeness (QED) is 0.669. The summed E-state index contributed by atoms with van der Waals surface area (Å²) in [5, 5.41) is 11.4. The van der Waals surface area contributed by atoms with E-state index >= 15 is 0 Å². The van der Waals surface area contributed by atoms with Gasteiger partial charge in [0.25, 0.3) is 0 Å². The van der Waals surface area contributed by atoms with Crippen molar-refractivity contribution in [1.82, 2.24) is 5.32 Å². The average Bonchev–Trinajstić information content (AvgIpc) is 2.36. The fraction of sp³-hybridized carbons (Fsp3) is 0.357. The largest absolute Gasteiger partial charge is 0.480 e. The van der Waals surface area contributed by atoms with Gasteiger partial charge in [0.05, 0.1) is 6.42 Å². The molecular weight excluding hydrogens is 260 g/mol. The Labute approximate surface area is 117 Å². The number of carboxylic acids is 1. The van der Waals surface area contributed by atoms with Crippen LogP contribution in [0.3, 0.4) is 0 Å². The van der Waals surface area contributed by atoms with Gasteiger partial charge < -0.3 is 16.2 Å². The van der Waals surface area contributed by atoms with Crippen molar-refractivity contribution in [3.63, 3.8) is 0 Å². The van der Waals surface area contributed by atoms with Crippen molar-refractivity contribution in [2.24, 2.45) is 5.73 Å². The molecule has 0 aliphatic rings. The predicted octanol–water partition coefficient (Wildman–Crippen LogP) is 0.372. The Hall–Kier alpha value is -2.37. The minimum Gasteiger partial charge on any atom is -0.480 e. The number of aliphatic carboxylic acids is 1. The van der Waals surface area contributed by atoms with Crippen molar-refractivity contribution >= 4 is 17.8 Å². The Morgan fingerprint density at radius 2 is 1.85 bits per heavy atom. The molecule has 6 heteroatoms. The van der Waals surface area contributed by atoms with Gasteiger partial charge in [-0.1, -0.05) is 29.8 Å². The van der Waals surface area contributed by atoms with Crippen molar-refractivity contribution in [2.75, 3.05) is 0 Å². The van der Waals surface area contributed by atoms with Gasteiger partial charge in [-0.3, -0.25) is 9.59 Å². The lowest BCUT2D eigenvalue weighted by atomic mass is 10.1. The molecule has 0 bridgehead atoms. The SMILES string of the molecule is Cc1ccc(CC(=O)NC(CCC(N)=O)C(=O)O)cc1. The molecule has 0 saturated heterocycles. The topological polar surface area (TPSA) is 109 Å².